The Hall–Kier alpha value is -2.67. The number of nitrogens with zero attached hydrogens (tertiary/aromatic N) is 2. The molecule has 152 valence electrons. The Morgan fingerprint density at radius 1 is 1.31 bits per heavy atom. The fraction of sp³-hybridized carbons (Fsp3) is 0.500. The summed E-state index contributed by atoms with van der Waals surface area (Å²) >= 11 is 0. The molecule has 7 heteroatoms. The minimum atomic E-state index is -0.703. The van der Waals surface area contributed by atoms with Gasteiger partial charge in [0.25, 0.3) is 0 Å². The van der Waals surface area contributed by atoms with Gasteiger partial charge in [-0.25, -0.2) is 0 Å². The van der Waals surface area contributed by atoms with Crippen molar-refractivity contribution in [2.45, 2.75) is 31.6 Å². The molecule has 4 aliphatic rings. The van der Waals surface area contributed by atoms with Gasteiger partial charge in [-0.05, 0) is 12.5 Å². The number of aryl methyl sites for hydroxylation is 1. The second kappa shape index (κ2) is 6.69. The number of likely N-dealkylation sites (tertiary alicyclic amines) is 1. The van der Waals surface area contributed by atoms with Crippen LogP contribution in [0.25, 0.3) is 0 Å². The van der Waals surface area contributed by atoms with Gasteiger partial charge in [-0.1, -0.05) is 42.0 Å². The van der Waals surface area contributed by atoms with Gasteiger partial charge in [-0.3, -0.25) is 14.4 Å². The number of carbonyl (C=O) groups is 3. The number of rotatable bonds is 3. The van der Waals surface area contributed by atoms with E-state index in [0.717, 1.165) is 11.1 Å². The Morgan fingerprint density at radius 3 is 3.00 bits per heavy atom. The van der Waals surface area contributed by atoms with Gasteiger partial charge in [-0.2, -0.15) is 0 Å². The maximum absolute atomic E-state index is 13.4. The predicted molar refractivity (Wildman–Crippen MR) is 105 cm³/mol. The summed E-state index contributed by atoms with van der Waals surface area (Å²) in [4.78, 5) is 41.9. The van der Waals surface area contributed by atoms with E-state index in [0.29, 0.717) is 39.1 Å². The van der Waals surface area contributed by atoms with Crippen LogP contribution >= 0.6 is 0 Å². The number of hydrogen-bond acceptors (Lipinski definition) is 4. The van der Waals surface area contributed by atoms with Crippen LogP contribution in [0.5, 0.6) is 0 Å². The first-order chi connectivity index (χ1) is 14.0. The number of ether oxygens (including phenoxy) is 1. The van der Waals surface area contributed by atoms with E-state index < -0.39 is 17.4 Å². The average Bonchev–Trinajstić information content (AvgIpc) is 3.26. The lowest BCUT2D eigenvalue weighted by molar-refractivity contribution is -0.143. The van der Waals surface area contributed by atoms with Crippen molar-refractivity contribution in [2.24, 2.45) is 11.8 Å². The van der Waals surface area contributed by atoms with E-state index in [4.69, 9.17) is 4.74 Å². The molecule has 4 heterocycles. The molecule has 0 saturated carbocycles. The van der Waals surface area contributed by atoms with Crippen LogP contribution in [-0.2, 0) is 25.7 Å². The van der Waals surface area contributed by atoms with Crippen LogP contribution in [0.15, 0.2) is 36.4 Å². The molecule has 0 aliphatic carbocycles. The molecule has 0 unspecified atom stereocenters. The zero-order chi connectivity index (χ0) is 20.2. The predicted octanol–water partition coefficient (Wildman–Crippen LogP) is 0.626. The molecule has 0 radical (unpaired) electrons. The fourth-order valence-corrected chi connectivity index (χ4v) is 5.22. The summed E-state index contributed by atoms with van der Waals surface area (Å²) in [7, 11) is 0. The van der Waals surface area contributed by atoms with E-state index in [1.54, 1.807) is 4.90 Å². The Balaban J connectivity index is 1.38. The molecule has 1 N–H and O–H groups in total. The van der Waals surface area contributed by atoms with Crippen molar-refractivity contribution in [3.8, 4) is 0 Å². The van der Waals surface area contributed by atoms with Crippen molar-refractivity contribution < 1.29 is 19.1 Å². The third kappa shape index (κ3) is 2.95. The van der Waals surface area contributed by atoms with Gasteiger partial charge in [0, 0.05) is 32.6 Å². The molecular formula is C22H25N3O4. The number of hydrogen-bond donors (Lipinski definition) is 1. The van der Waals surface area contributed by atoms with E-state index in [-0.39, 0.29) is 23.8 Å². The Bertz CT molecular complexity index is 913. The topological polar surface area (TPSA) is 79.0 Å². The molecule has 5 rings (SSSR count). The first-order valence-electron chi connectivity index (χ1n) is 10.2. The van der Waals surface area contributed by atoms with Crippen LogP contribution in [0.2, 0.25) is 0 Å². The molecule has 1 spiro atoms. The van der Waals surface area contributed by atoms with Crippen LogP contribution in [0.3, 0.4) is 0 Å². The van der Waals surface area contributed by atoms with Crippen molar-refractivity contribution >= 4 is 17.7 Å². The van der Waals surface area contributed by atoms with Crippen molar-refractivity contribution in [3.05, 3.63) is 47.5 Å². The molecule has 1 aromatic rings. The van der Waals surface area contributed by atoms with Gasteiger partial charge in [-0.15, -0.1) is 0 Å². The largest absolute Gasteiger partial charge is 0.360 e. The Morgan fingerprint density at radius 2 is 2.17 bits per heavy atom. The average molecular weight is 395 g/mol. The minimum Gasteiger partial charge on any atom is -0.360 e. The molecule has 3 fully saturated rings. The second-order valence-electron chi connectivity index (χ2n) is 8.51. The van der Waals surface area contributed by atoms with Gasteiger partial charge in [0.2, 0.25) is 17.7 Å². The van der Waals surface area contributed by atoms with Gasteiger partial charge in [0.1, 0.15) is 5.60 Å². The van der Waals surface area contributed by atoms with Gasteiger partial charge < -0.3 is 19.9 Å². The molecular weight excluding hydrogens is 370 g/mol. The van der Waals surface area contributed by atoms with Crippen LogP contribution in [0.1, 0.15) is 17.5 Å². The molecule has 3 amide bonds. The van der Waals surface area contributed by atoms with E-state index in [2.05, 4.69) is 11.4 Å². The minimum absolute atomic E-state index is 0.0132. The molecule has 2 bridgehead atoms. The quantitative estimate of drug-likeness (QED) is 0.762. The number of amides is 3. The highest BCUT2D eigenvalue weighted by molar-refractivity contribution is 5.93. The highest BCUT2D eigenvalue weighted by atomic mass is 16.5. The third-order valence-electron chi connectivity index (χ3n) is 6.54. The summed E-state index contributed by atoms with van der Waals surface area (Å²) in [5.74, 6) is -1.12. The SMILES string of the molecule is Cc1cccc(CN2C[C@]34C=C[C@H](O3)[C@H](C(=O)N3CCNC(=O)CC3)[C@@H]4C2=O)c1. The number of benzene rings is 1. The lowest BCUT2D eigenvalue weighted by Gasteiger charge is -2.29. The van der Waals surface area contributed by atoms with Crippen LogP contribution in [-0.4, -0.2) is 65.4 Å². The van der Waals surface area contributed by atoms with E-state index >= 15 is 0 Å². The standard InChI is InChI=1S/C22H25N3O4/c1-14-3-2-4-15(11-14)12-25-13-22-7-5-16(29-22)18(19(22)21(25)28)20(27)24-9-6-17(26)23-8-10-24/h2-5,7,11,16,18-19H,6,8-10,12-13H2,1H3,(H,23,26)/t16-,18-,19+,22-/m0/s1. The Labute approximate surface area is 169 Å². The Kier molecular flexibility index (Phi) is 4.24. The maximum atomic E-state index is 13.4. The van der Waals surface area contributed by atoms with E-state index in [1.807, 2.05) is 42.2 Å². The summed E-state index contributed by atoms with van der Waals surface area (Å²) in [5, 5.41) is 2.79. The molecule has 3 saturated heterocycles. The lowest BCUT2D eigenvalue weighted by atomic mass is 9.76. The normalized spacial score (nSPS) is 33.1. The first kappa shape index (κ1) is 18.4. The molecule has 0 aromatic heterocycles. The van der Waals surface area contributed by atoms with Gasteiger partial charge >= 0.3 is 0 Å². The third-order valence-corrected chi connectivity index (χ3v) is 6.54. The molecule has 4 aliphatic heterocycles. The fourth-order valence-electron chi connectivity index (χ4n) is 5.22. The number of nitrogens with one attached hydrogen (secondary N) is 1. The van der Waals surface area contributed by atoms with E-state index in [1.165, 1.54) is 0 Å². The van der Waals surface area contributed by atoms with Crippen molar-refractivity contribution in [2.75, 3.05) is 26.2 Å². The van der Waals surface area contributed by atoms with Crippen LogP contribution in [0.4, 0.5) is 0 Å². The van der Waals surface area contributed by atoms with Crippen LogP contribution in [0, 0.1) is 18.8 Å². The van der Waals surface area contributed by atoms with Crippen LogP contribution < -0.4 is 5.32 Å². The molecule has 7 nitrogen and oxygen atoms in total. The van der Waals surface area contributed by atoms with Crippen molar-refractivity contribution in [3.63, 3.8) is 0 Å². The highest BCUT2D eigenvalue weighted by Gasteiger charge is 2.67. The zero-order valence-corrected chi connectivity index (χ0v) is 16.5. The molecule has 1 aromatic carbocycles. The first-order valence-corrected chi connectivity index (χ1v) is 10.2. The highest BCUT2D eigenvalue weighted by Crippen LogP contribution is 2.52. The maximum Gasteiger partial charge on any atom is 0.230 e. The molecule has 4 atom stereocenters. The summed E-state index contributed by atoms with van der Waals surface area (Å²) in [6.07, 6.45) is 3.85. The summed E-state index contributed by atoms with van der Waals surface area (Å²) in [6.45, 7) is 4.33. The monoisotopic (exact) mass is 395 g/mol. The molecule has 29 heavy (non-hydrogen) atoms. The zero-order valence-electron chi connectivity index (χ0n) is 16.5. The van der Waals surface area contributed by atoms with Crippen molar-refractivity contribution in [1.82, 2.24) is 15.1 Å². The van der Waals surface area contributed by atoms with Gasteiger partial charge in [0.05, 0.1) is 24.5 Å². The van der Waals surface area contributed by atoms with Gasteiger partial charge in [0.15, 0.2) is 0 Å². The van der Waals surface area contributed by atoms with Crippen molar-refractivity contribution in [1.29, 1.82) is 0 Å². The summed E-state index contributed by atoms with van der Waals surface area (Å²) < 4.78 is 6.22. The summed E-state index contributed by atoms with van der Waals surface area (Å²) in [6, 6.07) is 8.13. The second-order valence-corrected chi connectivity index (χ2v) is 8.51. The number of carbonyl (C=O) groups excluding carboxylic acids is 3. The number of fused-ring (bicyclic) bond motifs is 1. The van der Waals surface area contributed by atoms with E-state index in [9.17, 15) is 14.4 Å². The lowest BCUT2D eigenvalue weighted by Crippen LogP contribution is -2.47. The smallest absolute Gasteiger partial charge is 0.230 e. The summed E-state index contributed by atoms with van der Waals surface area (Å²) in [5.41, 5.74) is 1.53.